The summed E-state index contributed by atoms with van der Waals surface area (Å²) in [6, 6.07) is 14.5. The second-order valence-electron chi connectivity index (χ2n) is 6.40. The van der Waals surface area contributed by atoms with Crippen LogP contribution in [-0.2, 0) is 0 Å². The molecule has 1 heterocycles. The number of aryl methyl sites for hydroxylation is 2. The van der Waals surface area contributed by atoms with Crippen molar-refractivity contribution < 1.29 is 0 Å². The van der Waals surface area contributed by atoms with Crippen LogP contribution in [0.4, 0.5) is 5.69 Å². The Balaban J connectivity index is 2.05. The van der Waals surface area contributed by atoms with E-state index >= 15 is 0 Å². The lowest BCUT2D eigenvalue weighted by atomic mass is 10.0. The van der Waals surface area contributed by atoms with Gasteiger partial charge in [0.1, 0.15) is 0 Å². The monoisotopic (exact) mass is 336 g/mol. The Bertz CT molecular complexity index is 830. The molecule has 6 nitrogen and oxygen atoms in total. The molecule has 0 amide bonds. The minimum atomic E-state index is -0.0924. The average Bonchev–Trinajstić information content (AvgIpc) is 3.05. The van der Waals surface area contributed by atoms with Crippen LogP contribution in [0, 0.1) is 13.8 Å². The quantitative estimate of drug-likeness (QED) is 0.776. The maximum atomic E-state index is 4.31. The van der Waals surface area contributed by atoms with E-state index < -0.39 is 0 Å². The van der Waals surface area contributed by atoms with E-state index in [2.05, 4.69) is 76.0 Å². The zero-order valence-corrected chi connectivity index (χ0v) is 15.4. The van der Waals surface area contributed by atoms with Crippen LogP contribution < -0.4 is 10.2 Å². The van der Waals surface area contributed by atoms with Crippen molar-refractivity contribution in [3.05, 3.63) is 65.0 Å². The molecular formula is C19H24N6. The maximum absolute atomic E-state index is 4.31. The highest BCUT2D eigenvalue weighted by atomic mass is 15.5. The summed E-state index contributed by atoms with van der Waals surface area (Å²) in [5.41, 5.74) is 5.61. The first-order chi connectivity index (χ1) is 12.0. The third-order valence-electron chi connectivity index (χ3n) is 4.43. The van der Waals surface area contributed by atoms with Crippen LogP contribution in [-0.4, -0.2) is 41.4 Å². The van der Waals surface area contributed by atoms with Crippen LogP contribution in [0.3, 0.4) is 0 Å². The van der Waals surface area contributed by atoms with Gasteiger partial charge in [-0.25, -0.2) is 0 Å². The van der Waals surface area contributed by atoms with Crippen molar-refractivity contribution in [3.8, 4) is 5.69 Å². The second-order valence-corrected chi connectivity index (χ2v) is 6.40. The molecule has 0 radical (unpaired) electrons. The minimum Gasteiger partial charge on any atom is -0.378 e. The average molecular weight is 336 g/mol. The highest BCUT2D eigenvalue weighted by Crippen LogP contribution is 2.26. The smallest absolute Gasteiger partial charge is 0.178 e. The van der Waals surface area contributed by atoms with E-state index in [0.717, 1.165) is 33.9 Å². The Hall–Kier alpha value is -2.73. The molecule has 0 bridgehead atoms. The molecule has 130 valence electrons. The Labute approximate surface area is 148 Å². The number of nitrogens with zero attached hydrogens (tertiary/aromatic N) is 5. The van der Waals surface area contributed by atoms with Gasteiger partial charge in [-0.05, 0) is 60.1 Å². The van der Waals surface area contributed by atoms with E-state index in [1.807, 2.05) is 31.9 Å². The molecule has 0 aliphatic heterocycles. The predicted molar refractivity (Wildman–Crippen MR) is 100 cm³/mol. The number of hydrogen-bond acceptors (Lipinski definition) is 5. The summed E-state index contributed by atoms with van der Waals surface area (Å²) in [5.74, 6) is 0.775. The van der Waals surface area contributed by atoms with Gasteiger partial charge in [-0.15, -0.1) is 5.10 Å². The molecule has 0 aliphatic carbocycles. The summed E-state index contributed by atoms with van der Waals surface area (Å²) < 4.78 is 1.84. The number of benzene rings is 2. The highest BCUT2D eigenvalue weighted by molar-refractivity contribution is 5.49. The molecule has 1 atom stereocenters. The van der Waals surface area contributed by atoms with Gasteiger partial charge in [-0.2, -0.15) is 4.68 Å². The Kier molecular flexibility index (Phi) is 4.81. The fraction of sp³-hybridized carbons (Fsp3) is 0.316. The van der Waals surface area contributed by atoms with Crippen LogP contribution in [0.25, 0.3) is 5.69 Å². The number of para-hydroxylation sites is 1. The van der Waals surface area contributed by atoms with Crippen molar-refractivity contribution in [2.75, 3.05) is 26.0 Å². The van der Waals surface area contributed by atoms with E-state index in [0.29, 0.717) is 0 Å². The van der Waals surface area contributed by atoms with Crippen molar-refractivity contribution in [2.24, 2.45) is 0 Å². The number of anilines is 1. The van der Waals surface area contributed by atoms with E-state index in [1.54, 1.807) is 0 Å². The normalized spacial score (nSPS) is 12.2. The number of tetrazole rings is 1. The van der Waals surface area contributed by atoms with Gasteiger partial charge in [0.2, 0.25) is 0 Å². The molecule has 6 heteroatoms. The molecule has 3 rings (SSSR count). The highest BCUT2D eigenvalue weighted by Gasteiger charge is 2.22. The van der Waals surface area contributed by atoms with Gasteiger partial charge in [0.05, 0.1) is 11.7 Å². The van der Waals surface area contributed by atoms with E-state index in [9.17, 15) is 0 Å². The molecule has 0 fully saturated rings. The molecule has 3 aromatic rings. The van der Waals surface area contributed by atoms with Gasteiger partial charge in [-0.1, -0.05) is 30.3 Å². The molecule has 0 saturated carbocycles. The number of aromatic nitrogens is 4. The summed E-state index contributed by atoms with van der Waals surface area (Å²) in [5, 5.41) is 15.8. The summed E-state index contributed by atoms with van der Waals surface area (Å²) in [7, 11) is 5.99. The van der Waals surface area contributed by atoms with Crippen LogP contribution in [0.2, 0.25) is 0 Å². The van der Waals surface area contributed by atoms with Crippen LogP contribution in [0.1, 0.15) is 28.6 Å². The molecule has 1 unspecified atom stereocenters. The number of rotatable bonds is 5. The van der Waals surface area contributed by atoms with Gasteiger partial charge in [-0.3, -0.25) is 0 Å². The second kappa shape index (κ2) is 7.03. The van der Waals surface area contributed by atoms with Gasteiger partial charge in [0.25, 0.3) is 0 Å². The zero-order chi connectivity index (χ0) is 18.0. The van der Waals surface area contributed by atoms with E-state index in [1.165, 1.54) is 0 Å². The third kappa shape index (κ3) is 3.25. The number of hydrogen-bond donors (Lipinski definition) is 1. The summed E-state index contributed by atoms with van der Waals surface area (Å²) in [4.78, 5) is 2.08. The third-order valence-corrected chi connectivity index (χ3v) is 4.43. The minimum absolute atomic E-state index is 0.0924. The first kappa shape index (κ1) is 17.1. The van der Waals surface area contributed by atoms with E-state index in [4.69, 9.17) is 0 Å². The van der Waals surface area contributed by atoms with Crippen molar-refractivity contribution in [1.82, 2.24) is 25.5 Å². The standard InChI is InChI=1S/C19H24N6/c1-13-7-6-8-14(2)18(13)25-19(21-22-23-25)17(20-3)15-9-11-16(12-10-15)24(4)5/h6-12,17,20H,1-5H3. The Morgan fingerprint density at radius 2 is 1.64 bits per heavy atom. The Morgan fingerprint density at radius 3 is 2.20 bits per heavy atom. The first-order valence-electron chi connectivity index (χ1n) is 8.32. The van der Waals surface area contributed by atoms with E-state index in [-0.39, 0.29) is 6.04 Å². The number of nitrogens with one attached hydrogen (secondary N) is 1. The van der Waals surface area contributed by atoms with Gasteiger partial charge >= 0.3 is 0 Å². The first-order valence-corrected chi connectivity index (χ1v) is 8.32. The molecule has 0 saturated heterocycles. The van der Waals surface area contributed by atoms with Crippen molar-refractivity contribution in [1.29, 1.82) is 0 Å². The van der Waals surface area contributed by atoms with Crippen molar-refractivity contribution >= 4 is 5.69 Å². The summed E-state index contributed by atoms with van der Waals surface area (Å²) >= 11 is 0. The van der Waals surface area contributed by atoms with Gasteiger partial charge in [0, 0.05) is 19.8 Å². The molecule has 2 aromatic carbocycles. The van der Waals surface area contributed by atoms with Gasteiger partial charge in [0.15, 0.2) is 5.82 Å². The van der Waals surface area contributed by atoms with Crippen LogP contribution >= 0.6 is 0 Å². The van der Waals surface area contributed by atoms with Gasteiger partial charge < -0.3 is 10.2 Å². The summed E-state index contributed by atoms with van der Waals surface area (Å²) in [6.45, 7) is 4.15. The topological polar surface area (TPSA) is 58.9 Å². The molecule has 1 aromatic heterocycles. The maximum Gasteiger partial charge on any atom is 0.178 e. The summed E-state index contributed by atoms with van der Waals surface area (Å²) in [6.07, 6.45) is 0. The fourth-order valence-corrected chi connectivity index (χ4v) is 3.08. The van der Waals surface area contributed by atoms with Crippen molar-refractivity contribution in [3.63, 3.8) is 0 Å². The van der Waals surface area contributed by atoms with Crippen molar-refractivity contribution in [2.45, 2.75) is 19.9 Å². The largest absolute Gasteiger partial charge is 0.378 e. The lowest BCUT2D eigenvalue weighted by molar-refractivity contribution is 0.619. The SMILES string of the molecule is CNC(c1ccc(N(C)C)cc1)c1nnnn1-c1c(C)cccc1C. The van der Waals surface area contributed by atoms with Crippen LogP contribution in [0.15, 0.2) is 42.5 Å². The molecule has 0 aliphatic rings. The lowest BCUT2D eigenvalue weighted by Crippen LogP contribution is -2.22. The molecule has 1 N–H and O–H groups in total. The molecular weight excluding hydrogens is 312 g/mol. The van der Waals surface area contributed by atoms with Crippen LogP contribution in [0.5, 0.6) is 0 Å². The zero-order valence-electron chi connectivity index (χ0n) is 15.4. The predicted octanol–water partition coefficient (Wildman–Crippen LogP) is 2.65. The fourth-order valence-electron chi connectivity index (χ4n) is 3.08. The lowest BCUT2D eigenvalue weighted by Gasteiger charge is -2.19. The molecule has 0 spiro atoms. The molecule has 25 heavy (non-hydrogen) atoms. The Morgan fingerprint density at radius 1 is 1.00 bits per heavy atom.